The van der Waals surface area contributed by atoms with E-state index in [0.717, 1.165) is 4.57 Å². The van der Waals surface area contributed by atoms with Crippen molar-refractivity contribution in [1.29, 1.82) is 0 Å². The van der Waals surface area contributed by atoms with E-state index in [0.29, 0.717) is 34.6 Å². The predicted molar refractivity (Wildman–Crippen MR) is 123 cm³/mol. The van der Waals surface area contributed by atoms with Gasteiger partial charge in [0, 0.05) is 43.4 Å². The number of fused-ring (bicyclic) bond motifs is 3. The Morgan fingerprint density at radius 3 is 2.56 bits per heavy atom. The molecular formula is C24H21FN4O5. The maximum Gasteiger partial charge on any atom is 0.331 e. The molecule has 0 saturated carbocycles. The summed E-state index contributed by atoms with van der Waals surface area (Å²) in [6.07, 6.45) is -0.871. The Morgan fingerprint density at radius 1 is 1.12 bits per heavy atom. The summed E-state index contributed by atoms with van der Waals surface area (Å²) in [5, 5.41) is 11.8. The molecule has 2 aromatic carbocycles. The summed E-state index contributed by atoms with van der Waals surface area (Å²) in [5.74, 6) is -0.475. The summed E-state index contributed by atoms with van der Waals surface area (Å²) >= 11 is 0. The first-order valence-corrected chi connectivity index (χ1v) is 10.7. The average Bonchev–Trinajstić information content (AvgIpc) is 3.17. The Hall–Kier alpha value is -4.05. The van der Waals surface area contributed by atoms with E-state index in [1.54, 1.807) is 44.3 Å². The highest BCUT2D eigenvalue weighted by molar-refractivity contribution is 5.97. The van der Waals surface area contributed by atoms with Gasteiger partial charge in [-0.2, -0.15) is 0 Å². The van der Waals surface area contributed by atoms with Crippen molar-refractivity contribution < 1.29 is 14.1 Å². The monoisotopic (exact) mass is 464 g/mol. The summed E-state index contributed by atoms with van der Waals surface area (Å²) in [6, 6.07) is 10.9. The van der Waals surface area contributed by atoms with Gasteiger partial charge in [0.25, 0.3) is 11.2 Å². The minimum absolute atomic E-state index is 0.0828. The number of aromatic nitrogens is 3. The van der Waals surface area contributed by atoms with Crippen molar-refractivity contribution in [3.05, 3.63) is 96.1 Å². The first-order chi connectivity index (χ1) is 16.2. The van der Waals surface area contributed by atoms with Crippen LogP contribution in [0.1, 0.15) is 22.9 Å². The van der Waals surface area contributed by atoms with E-state index in [2.05, 4.69) is 0 Å². The van der Waals surface area contributed by atoms with Crippen LogP contribution < -0.4 is 11.2 Å². The topological polar surface area (TPSA) is 101 Å². The van der Waals surface area contributed by atoms with Gasteiger partial charge in [-0.25, -0.2) is 9.18 Å². The third-order valence-corrected chi connectivity index (χ3v) is 6.42. The van der Waals surface area contributed by atoms with Crippen LogP contribution in [0.2, 0.25) is 0 Å². The number of halogens is 1. The number of nitrogens with zero attached hydrogens (tertiary/aromatic N) is 4. The highest BCUT2D eigenvalue weighted by Gasteiger charge is 2.34. The molecular weight excluding hydrogens is 443 g/mol. The molecule has 1 atom stereocenters. The van der Waals surface area contributed by atoms with Gasteiger partial charge in [-0.05, 0) is 13.0 Å². The molecule has 174 valence electrons. The molecule has 34 heavy (non-hydrogen) atoms. The summed E-state index contributed by atoms with van der Waals surface area (Å²) in [4.78, 5) is 37.4. The van der Waals surface area contributed by atoms with Gasteiger partial charge in [-0.1, -0.05) is 30.3 Å². The summed E-state index contributed by atoms with van der Waals surface area (Å²) < 4.78 is 25.0. The van der Waals surface area contributed by atoms with E-state index < -0.39 is 28.1 Å². The van der Waals surface area contributed by atoms with Crippen LogP contribution in [0, 0.1) is 22.9 Å². The second-order valence-corrected chi connectivity index (χ2v) is 8.35. The standard InChI is InChI=1S/C24H21FN4O5/c1-13-8-9-14(12-17(13)29(32)33)19-18-20(26(2)24(31)27(3)23(18)30)21-22(34-11-10-28(19)21)15-6-4-5-7-16(15)25/h4-9,12,22H,10-11H2,1-3H3/t22-/m0/s1. The molecule has 0 spiro atoms. The number of ether oxygens (including phenoxy) is 1. The molecule has 0 fully saturated rings. The molecule has 1 aliphatic rings. The van der Waals surface area contributed by atoms with Crippen molar-refractivity contribution in [2.75, 3.05) is 6.61 Å². The predicted octanol–water partition coefficient (Wildman–Crippen LogP) is 3.18. The van der Waals surface area contributed by atoms with Gasteiger partial charge in [0.05, 0.1) is 33.8 Å². The highest BCUT2D eigenvalue weighted by atomic mass is 19.1. The lowest BCUT2D eigenvalue weighted by atomic mass is 10.0. The van der Waals surface area contributed by atoms with E-state index in [9.17, 15) is 24.1 Å². The van der Waals surface area contributed by atoms with Gasteiger partial charge in [-0.15, -0.1) is 0 Å². The molecule has 0 radical (unpaired) electrons. The zero-order valence-electron chi connectivity index (χ0n) is 18.7. The molecule has 0 N–H and O–H groups in total. The number of aryl methyl sites for hydroxylation is 2. The van der Waals surface area contributed by atoms with E-state index in [4.69, 9.17) is 4.74 Å². The number of nitro benzene ring substituents is 1. The fourth-order valence-corrected chi connectivity index (χ4v) is 4.76. The van der Waals surface area contributed by atoms with Crippen molar-refractivity contribution in [2.24, 2.45) is 14.1 Å². The maximum atomic E-state index is 14.8. The number of nitro groups is 1. The highest BCUT2D eigenvalue weighted by Crippen LogP contribution is 2.41. The smallest absolute Gasteiger partial charge is 0.331 e. The molecule has 3 heterocycles. The molecule has 5 rings (SSSR count). The molecule has 4 aromatic rings. The molecule has 10 heteroatoms. The fourth-order valence-electron chi connectivity index (χ4n) is 4.76. The maximum absolute atomic E-state index is 14.8. The number of rotatable bonds is 3. The Balaban J connectivity index is 1.96. The average molecular weight is 464 g/mol. The third kappa shape index (κ3) is 3.02. The van der Waals surface area contributed by atoms with Crippen molar-refractivity contribution in [2.45, 2.75) is 19.6 Å². The lowest BCUT2D eigenvalue weighted by Crippen LogP contribution is -2.37. The first kappa shape index (κ1) is 21.8. The number of hydrogen-bond donors (Lipinski definition) is 0. The van der Waals surface area contributed by atoms with Crippen LogP contribution in [0.3, 0.4) is 0 Å². The van der Waals surface area contributed by atoms with Gasteiger partial charge >= 0.3 is 5.69 Å². The first-order valence-electron chi connectivity index (χ1n) is 10.7. The van der Waals surface area contributed by atoms with E-state index in [1.807, 2.05) is 4.57 Å². The largest absolute Gasteiger partial charge is 0.365 e. The van der Waals surface area contributed by atoms with E-state index in [-0.39, 0.29) is 23.2 Å². The van der Waals surface area contributed by atoms with Crippen LogP contribution in [0.4, 0.5) is 10.1 Å². The summed E-state index contributed by atoms with van der Waals surface area (Å²) in [5.41, 5.74) is 1.28. The molecule has 0 amide bonds. The molecule has 0 bridgehead atoms. The SMILES string of the molecule is Cc1ccc(-c2c3c(=O)n(C)c(=O)n(C)c3c3n2CCO[C@H]3c2ccccc2F)cc1[N+](=O)[O-]. The van der Waals surface area contributed by atoms with E-state index in [1.165, 1.54) is 23.7 Å². The van der Waals surface area contributed by atoms with Crippen LogP contribution in [-0.2, 0) is 25.4 Å². The van der Waals surface area contributed by atoms with Crippen molar-refractivity contribution in [1.82, 2.24) is 13.7 Å². The number of benzene rings is 2. The molecule has 0 unspecified atom stereocenters. The van der Waals surface area contributed by atoms with Crippen LogP contribution in [-0.4, -0.2) is 25.2 Å². The normalized spacial score (nSPS) is 15.5. The summed E-state index contributed by atoms with van der Waals surface area (Å²) in [6.45, 7) is 2.18. The van der Waals surface area contributed by atoms with Crippen LogP contribution >= 0.6 is 0 Å². The van der Waals surface area contributed by atoms with Crippen molar-refractivity contribution in [3.8, 4) is 11.3 Å². The van der Waals surface area contributed by atoms with Gasteiger partial charge in [0.2, 0.25) is 0 Å². The lowest BCUT2D eigenvalue weighted by Gasteiger charge is -2.28. The van der Waals surface area contributed by atoms with Gasteiger partial charge in [0.1, 0.15) is 11.9 Å². The third-order valence-electron chi connectivity index (χ3n) is 6.42. The fraction of sp³-hybridized carbons (Fsp3) is 0.250. The Bertz CT molecular complexity index is 1610. The van der Waals surface area contributed by atoms with Crippen LogP contribution in [0.15, 0.2) is 52.1 Å². The van der Waals surface area contributed by atoms with E-state index >= 15 is 0 Å². The Kier molecular flexibility index (Phi) is 4.98. The zero-order chi connectivity index (χ0) is 24.3. The van der Waals surface area contributed by atoms with Crippen molar-refractivity contribution >= 4 is 16.6 Å². The second-order valence-electron chi connectivity index (χ2n) is 8.35. The molecule has 9 nitrogen and oxygen atoms in total. The minimum Gasteiger partial charge on any atom is -0.365 e. The summed E-state index contributed by atoms with van der Waals surface area (Å²) in [7, 11) is 2.92. The molecule has 0 saturated heterocycles. The van der Waals surface area contributed by atoms with Crippen LogP contribution in [0.5, 0.6) is 0 Å². The zero-order valence-corrected chi connectivity index (χ0v) is 18.7. The molecule has 1 aliphatic heterocycles. The Morgan fingerprint density at radius 2 is 1.85 bits per heavy atom. The molecule has 2 aromatic heterocycles. The van der Waals surface area contributed by atoms with Gasteiger partial charge in [-0.3, -0.25) is 24.0 Å². The van der Waals surface area contributed by atoms with Crippen molar-refractivity contribution in [3.63, 3.8) is 0 Å². The minimum atomic E-state index is -0.871. The molecule has 0 aliphatic carbocycles. The lowest BCUT2D eigenvalue weighted by molar-refractivity contribution is -0.385. The Labute approximate surface area is 192 Å². The quantitative estimate of drug-likeness (QED) is 0.342. The van der Waals surface area contributed by atoms with Gasteiger partial charge in [0.15, 0.2) is 0 Å². The van der Waals surface area contributed by atoms with Crippen LogP contribution in [0.25, 0.3) is 22.2 Å². The van der Waals surface area contributed by atoms with Gasteiger partial charge < -0.3 is 9.30 Å². The second kappa shape index (κ2) is 7.77. The number of hydrogen-bond acceptors (Lipinski definition) is 5.